The number of aryl methyl sites for hydroxylation is 1. The van der Waals surface area contributed by atoms with Gasteiger partial charge in [0.25, 0.3) is 5.56 Å². The molecule has 2 aliphatic rings. The van der Waals surface area contributed by atoms with Gasteiger partial charge in [-0.25, -0.2) is 4.98 Å². The average Bonchev–Trinajstić information content (AvgIpc) is 3.49. The highest BCUT2D eigenvalue weighted by atomic mass is 16.3. The highest BCUT2D eigenvalue weighted by Gasteiger charge is 2.31. The number of aliphatic hydroxyl groups is 1. The Hall–Kier alpha value is -3.29. The topological polar surface area (TPSA) is 96.2 Å². The van der Waals surface area contributed by atoms with E-state index in [0.29, 0.717) is 30.4 Å². The van der Waals surface area contributed by atoms with Gasteiger partial charge in [0.1, 0.15) is 11.9 Å². The van der Waals surface area contributed by atoms with Gasteiger partial charge in [0.2, 0.25) is 5.91 Å². The number of hydrogen-bond acceptors (Lipinski definition) is 5. The van der Waals surface area contributed by atoms with Crippen LogP contribution in [0.5, 0.6) is 0 Å². The number of carbonyl (C=O) groups is 1. The van der Waals surface area contributed by atoms with Crippen LogP contribution in [-0.4, -0.2) is 32.6 Å². The first-order chi connectivity index (χ1) is 16.1. The first kappa shape index (κ1) is 21.6. The van der Waals surface area contributed by atoms with Crippen molar-refractivity contribution in [1.82, 2.24) is 14.9 Å². The first-order valence-electron chi connectivity index (χ1n) is 11.5. The van der Waals surface area contributed by atoms with Crippen LogP contribution >= 0.6 is 0 Å². The second kappa shape index (κ2) is 9.29. The average molecular weight is 445 g/mol. The number of amides is 1. The lowest BCUT2D eigenvalue weighted by Crippen LogP contribution is -2.35. The molecular formula is C26H28N4O3. The minimum absolute atomic E-state index is 0.0585. The van der Waals surface area contributed by atoms with Gasteiger partial charge in [0, 0.05) is 36.5 Å². The summed E-state index contributed by atoms with van der Waals surface area (Å²) in [7, 11) is 0. The predicted molar refractivity (Wildman–Crippen MR) is 126 cm³/mol. The Labute approximate surface area is 192 Å². The number of nitrogens with zero attached hydrogens (tertiary/aromatic N) is 2. The molecule has 0 aliphatic carbocycles. The van der Waals surface area contributed by atoms with Crippen molar-refractivity contribution >= 4 is 11.6 Å². The van der Waals surface area contributed by atoms with Gasteiger partial charge in [-0.2, -0.15) is 0 Å². The summed E-state index contributed by atoms with van der Waals surface area (Å²) in [6, 6.07) is 18.9. The monoisotopic (exact) mass is 444 g/mol. The smallest absolute Gasteiger partial charge is 0.254 e. The summed E-state index contributed by atoms with van der Waals surface area (Å²) in [5, 5.41) is 17.2. The van der Waals surface area contributed by atoms with Crippen molar-refractivity contribution < 1.29 is 9.90 Å². The number of hydrogen-bond donors (Lipinski definition) is 3. The second-order valence-electron chi connectivity index (χ2n) is 8.92. The number of aliphatic hydroxyl groups excluding tert-OH is 1. The van der Waals surface area contributed by atoms with Crippen molar-refractivity contribution in [2.24, 2.45) is 0 Å². The van der Waals surface area contributed by atoms with Crippen LogP contribution in [0.4, 0.5) is 5.69 Å². The summed E-state index contributed by atoms with van der Waals surface area (Å²) in [6.45, 7) is 0. The molecule has 170 valence electrons. The maximum Gasteiger partial charge on any atom is 0.254 e. The van der Waals surface area contributed by atoms with Gasteiger partial charge < -0.3 is 15.7 Å². The van der Waals surface area contributed by atoms with Crippen LogP contribution in [-0.2, 0) is 17.6 Å². The van der Waals surface area contributed by atoms with Crippen LogP contribution in [0.2, 0.25) is 0 Å². The predicted octanol–water partition coefficient (Wildman–Crippen LogP) is 2.77. The first-order valence-corrected chi connectivity index (χ1v) is 11.5. The Balaban J connectivity index is 1.17. The molecule has 3 N–H and O–H groups in total. The Morgan fingerprint density at radius 3 is 2.67 bits per heavy atom. The van der Waals surface area contributed by atoms with Gasteiger partial charge in [-0.3, -0.25) is 14.2 Å². The molecule has 33 heavy (non-hydrogen) atoms. The van der Waals surface area contributed by atoms with Crippen LogP contribution in [0, 0.1) is 0 Å². The third-order valence-corrected chi connectivity index (χ3v) is 6.71. The van der Waals surface area contributed by atoms with E-state index < -0.39 is 12.1 Å². The number of carbonyl (C=O) groups excluding carboxylic acids is 1. The van der Waals surface area contributed by atoms with Crippen LogP contribution in [0.1, 0.15) is 48.4 Å². The second-order valence-corrected chi connectivity index (χ2v) is 8.92. The SMILES string of the molecule is O=C(Nc1ccc(C[C@H]2CC[C@@H]([C@@H](O)c3ccccc3)N2)cc1)[C@H]1CCc2nccc(=O)n21. The normalized spacial score (nSPS) is 22.6. The quantitative estimate of drug-likeness (QED) is 0.543. The fraction of sp³-hybridized carbons (Fsp3) is 0.346. The Morgan fingerprint density at radius 2 is 1.88 bits per heavy atom. The summed E-state index contributed by atoms with van der Waals surface area (Å²) in [4.78, 5) is 29.1. The molecule has 3 heterocycles. The Bertz CT molecular complexity index is 1180. The molecule has 4 atom stereocenters. The van der Waals surface area contributed by atoms with Gasteiger partial charge in [-0.15, -0.1) is 0 Å². The Kier molecular flexibility index (Phi) is 6.07. The van der Waals surface area contributed by atoms with E-state index in [-0.39, 0.29) is 17.5 Å². The van der Waals surface area contributed by atoms with E-state index in [1.807, 2.05) is 54.6 Å². The molecule has 1 fully saturated rings. The lowest BCUT2D eigenvalue weighted by molar-refractivity contribution is -0.119. The molecule has 2 aliphatic heterocycles. The van der Waals surface area contributed by atoms with Crippen molar-refractivity contribution in [3.8, 4) is 0 Å². The minimum Gasteiger partial charge on any atom is -0.387 e. The lowest BCUT2D eigenvalue weighted by Gasteiger charge is -2.20. The summed E-state index contributed by atoms with van der Waals surface area (Å²) in [5.74, 6) is 0.476. The molecule has 0 bridgehead atoms. The lowest BCUT2D eigenvalue weighted by atomic mass is 10.0. The zero-order valence-electron chi connectivity index (χ0n) is 18.4. The fourth-order valence-corrected chi connectivity index (χ4v) is 5.00. The van der Waals surface area contributed by atoms with Crippen LogP contribution in [0.25, 0.3) is 0 Å². The summed E-state index contributed by atoms with van der Waals surface area (Å²) >= 11 is 0. The number of benzene rings is 2. The Morgan fingerprint density at radius 1 is 1.09 bits per heavy atom. The molecule has 1 amide bonds. The number of aromatic nitrogens is 2. The number of rotatable bonds is 6. The van der Waals surface area contributed by atoms with E-state index in [9.17, 15) is 14.7 Å². The highest BCUT2D eigenvalue weighted by Crippen LogP contribution is 2.27. The van der Waals surface area contributed by atoms with Crippen molar-refractivity contribution in [2.45, 2.75) is 56.3 Å². The van der Waals surface area contributed by atoms with E-state index in [2.05, 4.69) is 15.6 Å². The molecule has 0 saturated carbocycles. The molecule has 2 aromatic carbocycles. The molecule has 7 nitrogen and oxygen atoms in total. The van der Waals surface area contributed by atoms with E-state index >= 15 is 0 Å². The van der Waals surface area contributed by atoms with Crippen LogP contribution in [0.3, 0.4) is 0 Å². The largest absolute Gasteiger partial charge is 0.387 e. The van der Waals surface area contributed by atoms with E-state index in [1.165, 1.54) is 22.4 Å². The molecule has 0 radical (unpaired) electrons. The summed E-state index contributed by atoms with van der Waals surface area (Å²) < 4.78 is 1.50. The van der Waals surface area contributed by atoms with Gasteiger partial charge in [-0.1, -0.05) is 42.5 Å². The zero-order valence-corrected chi connectivity index (χ0v) is 18.4. The van der Waals surface area contributed by atoms with Crippen LogP contribution in [0.15, 0.2) is 71.7 Å². The molecule has 7 heteroatoms. The molecular weight excluding hydrogens is 416 g/mol. The maximum atomic E-state index is 12.8. The molecule has 1 aromatic heterocycles. The highest BCUT2D eigenvalue weighted by molar-refractivity contribution is 5.94. The molecule has 3 aromatic rings. The standard InChI is InChI=1S/C26H28N4O3/c31-24-14-15-27-23-13-12-22(30(23)24)26(33)29-19-8-6-17(7-9-19)16-20-10-11-21(28-20)25(32)18-4-2-1-3-5-18/h1-9,14-15,20-22,25,28,32H,10-13,16H2,(H,29,33)/t20-,21+,22-,25+/m1/s1. The molecule has 1 saturated heterocycles. The van der Waals surface area contributed by atoms with E-state index in [4.69, 9.17) is 0 Å². The molecule has 0 spiro atoms. The number of fused-ring (bicyclic) bond motifs is 1. The summed E-state index contributed by atoms with van der Waals surface area (Å²) in [5.41, 5.74) is 2.64. The third kappa shape index (κ3) is 4.60. The van der Waals surface area contributed by atoms with Crippen LogP contribution < -0.4 is 16.2 Å². The third-order valence-electron chi connectivity index (χ3n) is 6.71. The number of nitrogens with one attached hydrogen (secondary N) is 2. The summed E-state index contributed by atoms with van der Waals surface area (Å²) in [6.07, 6.45) is 5.02. The van der Waals surface area contributed by atoms with E-state index in [0.717, 1.165) is 24.8 Å². The van der Waals surface area contributed by atoms with Crippen molar-refractivity contribution in [3.63, 3.8) is 0 Å². The molecule has 5 rings (SSSR count). The zero-order chi connectivity index (χ0) is 22.8. The maximum absolute atomic E-state index is 12.8. The minimum atomic E-state index is -0.517. The van der Waals surface area contributed by atoms with Gasteiger partial charge in [0.05, 0.1) is 6.10 Å². The van der Waals surface area contributed by atoms with Crippen molar-refractivity contribution in [2.75, 3.05) is 5.32 Å². The van der Waals surface area contributed by atoms with E-state index in [1.54, 1.807) is 0 Å². The van der Waals surface area contributed by atoms with Gasteiger partial charge >= 0.3 is 0 Å². The van der Waals surface area contributed by atoms with Gasteiger partial charge in [-0.05, 0) is 48.9 Å². The van der Waals surface area contributed by atoms with Crippen molar-refractivity contribution in [3.05, 3.63) is 94.2 Å². The molecule has 0 unspecified atom stereocenters. The number of anilines is 1. The fourth-order valence-electron chi connectivity index (χ4n) is 5.00. The van der Waals surface area contributed by atoms with Gasteiger partial charge in [0.15, 0.2) is 0 Å². The van der Waals surface area contributed by atoms with Crippen molar-refractivity contribution in [1.29, 1.82) is 0 Å².